The molecule has 0 amide bonds. The van der Waals surface area contributed by atoms with Crippen LogP contribution in [-0.2, 0) is 22.4 Å². The minimum atomic E-state index is -1.42. The van der Waals surface area contributed by atoms with Crippen LogP contribution in [0.25, 0.3) is 12.2 Å². The van der Waals surface area contributed by atoms with Gasteiger partial charge in [-0.1, -0.05) is 84.9 Å². The molecule has 2 saturated heterocycles. The summed E-state index contributed by atoms with van der Waals surface area (Å²) in [5.74, 6) is 1.94. The van der Waals surface area contributed by atoms with E-state index in [2.05, 4.69) is 9.80 Å². The predicted octanol–water partition coefficient (Wildman–Crippen LogP) is 7.99. The van der Waals surface area contributed by atoms with Gasteiger partial charge in [-0.05, 0) is 123 Å². The number of hydrogen-bond acceptors (Lipinski definition) is 8. The molecule has 55 heavy (non-hydrogen) atoms. The van der Waals surface area contributed by atoms with Crippen LogP contribution < -0.4 is 18.9 Å². The molecule has 0 bridgehead atoms. The molecular weight excluding hydrogens is 689 g/mol. The van der Waals surface area contributed by atoms with E-state index in [9.17, 15) is 9.59 Å². The minimum absolute atomic E-state index is 0.231. The van der Waals surface area contributed by atoms with Crippen LogP contribution in [0, 0.1) is 5.41 Å². The van der Waals surface area contributed by atoms with Gasteiger partial charge in [0, 0.05) is 13.1 Å². The summed E-state index contributed by atoms with van der Waals surface area (Å²) in [6.07, 6.45) is 12.0. The summed E-state index contributed by atoms with van der Waals surface area (Å²) in [6, 6.07) is 30.8. The van der Waals surface area contributed by atoms with Crippen molar-refractivity contribution in [3.05, 3.63) is 131 Å². The van der Waals surface area contributed by atoms with Crippen molar-refractivity contribution in [1.29, 1.82) is 0 Å². The van der Waals surface area contributed by atoms with E-state index in [-0.39, 0.29) is 24.4 Å². The molecule has 0 unspecified atom stereocenters. The fourth-order valence-corrected chi connectivity index (χ4v) is 7.48. The van der Waals surface area contributed by atoms with Crippen LogP contribution in [-0.4, -0.2) is 88.1 Å². The maximum atomic E-state index is 14.7. The average molecular weight is 743 g/mol. The maximum absolute atomic E-state index is 14.7. The van der Waals surface area contributed by atoms with Gasteiger partial charge in [-0.15, -0.1) is 0 Å². The number of likely N-dealkylation sites (tertiary alicyclic amines) is 2. The molecule has 2 heterocycles. The Bertz CT molecular complexity index is 1760. The second-order valence-electron chi connectivity index (χ2n) is 14.4. The molecule has 0 spiro atoms. The normalized spacial score (nSPS) is 15.2. The average Bonchev–Trinajstić information content (AvgIpc) is 3.95. The van der Waals surface area contributed by atoms with Gasteiger partial charge in [-0.25, -0.2) is 0 Å². The van der Waals surface area contributed by atoms with E-state index in [4.69, 9.17) is 18.9 Å². The third-order valence-corrected chi connectivity index (χ3v) is 10.6. The first-order valence-corrected chi connectivity index (χ1v) is 19.5. The second-order valence-corrected chi connectivity index (χ2v) is 14.4. The summed E-state index contributed by atoms with van der Waals surface area (Å²) in [4.78, 5) is 34.2. The lowest BCUT2D eigenvalue weighted by Crippen LogP contribution is -2.42. The van der Waals surface area contributed by atoms with Gasteiger partial charge in [0.2, 0.25) is 0 Å². The number of rotatable bonds is 20. The molecule has 0 aromatic heterocycles. The highest BCUT2D eigenvalue weighted by molar-refractivity contribution is 6.17. The fraction of sp³-hybridized carbons (Fsp3) is 0.362. The summed E-state index contributed by atoms with van der Waals surface area (Å²) in [5, 5.41) is 0. The number of carbonyl (C=O) groups is 2. The molecule has 6 rings (SSSR count). The van der Waals surface area contributed by atoms with Crippen LogP contribution in [0.4, 0.5) is 0 Å². The van der Waals surface area contributed by atoms with E-state index in [1.54, 1.807) is 26.4 Å². The highest BCUT2D eigenvalue weighted by Gasteiger charge is 2.43. The third kappa shape index (κ3) is 11.0. The lowest BCUT2D eigenvalue weighted by molar-refractivity contribution is -0.135. The number of ketones is 2. The van der Waals surface area contributed by atoms with Crippen LogP contribution in [0.15, 0.2) is 109 Å². The number of allylic oxidation sites excluding steroid dienone is 2. The molecular formula is C47H54N2O6. The van der Waals surface area contributed by atoms with Crippen LogP contribution in [0.3, 0.4) is 0 Å². The van der Waals surface area contributed by atoms with Crippen molar-refractivity contribution in [2.45, 2.75) is 38.5 Å². The van der Waals surface area contributed by atoms with Gasteiger partial charge < -0.3 is 18.9 Å². The molecule has 2 aliphatic heterocycles. The van der Waals surface area contributed by atoms with Crippen molar-refractivity contribution in [2.24, 2.45) is 5.41 Å². The Hall–Kier alpha value is -5.18. The Labute approximate surface area is 326 Å². The lowest BCUT2D eigenvalue weighted by Gasteiger charge is -2.29. The summed E-state index contributed by atoms with van der Waals surface area (Å²) in [7, 11) is 3.23. The Morgan fingerprint density at radius 1 is 0.564 bits per heavy atom. The smallest absolute Gasteiger partial charge is 0.170 e. The quantitative estimate of drug-likeness (QED) is 0.0667. The van der Waals surface area contributed by atoms with E-state index < -0.39 is 5.41 Å². The third-order valence-electron chi connectivity index (χ3n) is 10.6. The van der Waals surface area contributed by atoms with E-state index >= 15 is 0 Å². The molecule has 0 atom stereocenters. The SMILES string of the molecule is COc1cc(/C=C/C(=O)C(Cc2ccccc2)(Cc2ccccc2)C(=O)/C=C/c2ccc(OCCN3CCCC3)c(OC)c2)ccc1OCCN1CCCC1. The molecule has 0 aliphatic carbocycles. The molecule has 0 radical (unpaired) electrons. The number of hydrogen-bond donors (Lipinski definition) is 0. The molecule has 2 fully saturated rings. The topological polar surface area (TPSA) is 77.5 Å². The van der Waals surface area contributed by atoms with Crippen LogP contribution >= 0.6 is 0 Å². The molecule has 8 nitrogen and oxygen atoms in total. The second kappa shape index (κ2) is 19.9. The van der Waals surface area contributed by atoms with Gasteiger partial charge in [-0.2, -0.15) is 0 Å². The highest BCUT2D eigenvalue weighted by atomic mass is 16.5. The molecule has 8 heteroatoms. The standard InChI is InChI=1S/C47H54N2O6/c1-52-43-33-37(17-21-41(43)54-31-29-48-25-9-10-26-48)19-23-45(50)47(35-39-13-5-3-6-14-39,36-40-15-7-4-8-16-40)46(51)24-20-38-18-22-42(44(34-38)53-2)55-32-30-49-27-11-12-28-49/h3-8,13-24,33-34H,9-12,25-32,35-36H2,1-2H3/b23-19+,24-20+. The van der Waals surface area contributed by atoms with Gasteiger partial charge in [0.15, 0.2) is 34.6 Å². The van der Waals surface area contributed by atoms with Crippen LogP contribution in [0.5, 0.6) is 23.0 Å². The van der Waals surface area contributed by atoms with Gasteiger partial charge in [-0.3, -0.25) is 19.4 Å². The van der Waals surface area contributed by atoms with E-state index in [1.807, 2.05) is 97.1 Å². The molecule has 0 saturated carbocycles. The van der Waals surface area contributed by atoms with Crippen LogP contribution in [0.2, 0.25) is 0 Å². The molecule has 4 aromatic carbocycles. The zero-order valence-corrected chi connectivity index (χ0v) is 32.3. The monoisotopic (exact) mass is 742 g/mol. The molecule has 2 aliphatic rings. The Morgan fingerprint density at radius 3 is 1.35 bits per heavy atom. The maximum Gasteiger partial charge on any atom is 0.170 e. The summed E-state index contributed by atoms with van der Waals surface area (Å²) in [5.41, 5.74) is 1.92. The number of methoxy groups -OCH3 is 2. The first kappa shape index (κ1) is 39.5. The van der Waals surface area contributed by atoms with E-state index in [1.165, 1.54) is 37.8 Å². The number of benzene rings is 4. The Kier molecular flexibility index (Phi) is 14.3. The van der Waals surface area contributed by atoms with E-state index in [0.29, 0.717) is 36.2 Å². The zero-order valence-electron chi connectivity index (χ0n) is 32.3. The number of ether oxygens (including phenoxy) is 4. The molecule has 0 N–H and O–H groups in total. The summed E-state index contributed by atoms with van der Waals surface area (Å²) < 4.78 is 23.5. The predicted molar refractivity (Wildman–Crippen MR) is 219 cm³/mol. The van der Waals surface area contributed by atoms with Crippen molar-refractivity contribution in [2.75, 3.05) is 66.7 Å². The van der Waals surface area contributed by atoms with Crippen LogP contribution in [0.1, 0.15) is 47.9 Å². The summed E-state index contributed by atoms with van der Waals surface area (Å²) in [6.45, 7) is 7.35. The van der Waals surface area contributed by atoms with Gasteiger partial charge in [0.25, 0.3) is 0 Å². The Balaban J connectivity index is 1.25. The van der Waals surface area contributed by atoms with Gasteiger partial charge in [0.1, 0.15) is 18.6 Å². The highest BCUT2D eigenvalue weighted by Crippen LogP contribution is 2.35. The van der Waals surface area contributed by atoms with E-state index in [0.717, 1.165) is 61.5 Å². The number of carbonyl (C=O) groups excluding carboxylic acids is 2. The first-order valence-electron chi connectivity index (χ1n) is 19.5. The largest absolute Gasteiger partial charge is 0.493 e. The molecule has 288 valence electrons. The van der Waals surface area contributed by atoms with Crippen molar-refractivity contribution in [3.63, 3.8) is 0 Å². The number of nitrogens with zero attached hydrogens (tertiary/aromatic N) is 2. The summed E-state index contributed by atoms with van der Waals surface area (Å²) >= 11 is 0. The first-order chi connectivity index (χ1) is 27.0. The van der Waals surface area contributed by atoms with Crippen molar-refractivity contribution >= 4 is 23.7 Å². The van der Waals surface area contributed by atoms with Crippen molar-refractivity contribution < 1.29 is 28.5 Å². The van der Waals surface area contributed by atoms with Crippen molar-refractivity contribution in [1.82, 2.24) is 9.80 Å². The van der Waals surface area contributed by atoms with Crippen molar-refractivity contribution in [3.8, 4) is 23.0 Å². The minimum Gasteiger partial charge on any atom is -0.493 e. The van der Waals surface area contributed by atoms with Gasteiger partial charge >= 0.3 is 0 Å². The molecule has 4 aromatic rings. The van der Waals surface area contributed by atoms with Gasteiger partial charge in [0.05, 0.1) is 14.2 Å². The Morgan fingerprint density at radius 2 is 0.964 bits per heavy atom. The fourth-order valence-electron chi connectivity index (χ4n) is 7.48. The zero-order chi connectivity index (χ0) is 38.3. The lowest BCUT2D eigenvalue weighted by atomic mass is 9.69.